The molecule has 0 atom stereocenters. The maximum atomic E-state index is 13.8. The number of carbonyl (C=O) groups is 2. The van der Waals surface area contributed by atoms with E-state index in [0.717, 1.165) is 30.2 Å². The van der Waals surface area contributed by atoms with Gasteiger partial charge in [-0.3, -0.25) is 9.78 Å². The van der Waals surface area contributed by atoms with Gasteiger partial charge in [0.2, 0.25) is 4.80 Å². The van der Waals surface area contributed by atoms with Crippen molar-refractivity contribution in [3.8, 4) is 0 Å². The van der Waals surface area contributed by atoms with Crippen LogP contribution in [0, 0.1) is 12.3 Å². The van der Waals surface area contributed by atoms with Gasteiger partial charge in [0.15, 0.2) is 0 Å². The van der Waals surface area contributed by atoms with Crippen molar-refractivity contribution >= 4 is 34.7 Å². The SMILES string of the molecule is CCCCn1nc(C(C)(C)C)sc1=NC(=O)c1cc(C(F)(F)F)ccc1N(N=C(c1cccc(C)n1)C(C)(C)C)C(=O)O. The summed E-state index contributed by atoms with van der Waals surface area (Å²) in [5.41, 5.74) is -1.85. The summed E-state index contributed by atoms with van der Waals surface area (Å²) in [6, 6.07) is 7.42. The van der Waals surface area contributed by atoms with Crippen LogP contribution in [0.1, 0.15) is 93.6 Å². The number of rotatable bonds is 7. The number of unbranched alkanes of at least 4 members (excludes halogenated alkanes) is 1. The number of amides is 2. The Morgan fingerprint density at radius 3 is 2.28 bits per heavy atom. The highest BCUT2D eigenvalue weighted by molar-refractivity contribution is 7.09. The smallest absolute Gasteiger partial charge is 0.432 e. The second-order valence-corrected chi connectivity index (χ2v) is 13.1. The van der Waals surface area contributed by atoms with Gasteiger partial charge in [-0.05, 0) is 43.7 Å². The first kappa shape index (κ1) is 33.6. The number of carbonyl (C=O) groups excluding carboxylic acids is 1. The van der Waals surface area contributed by atoms with Crippen LogP contribution >= 0.6 is 11.3 Å². The summed E-state index contributed by atoms with van der Waals surface area (Å²) in [6.07, 6.45) is -4.81. The number of anilines is 1. The zero-order valence-corrected chi connectivity index (χ0v) is 26.4. The minimum Gasteiger partial charge on any atom is -0.463 e. The van der Waals surface area contributed by atoms with Crippen molar-refractivity contribution in [1.82, 2.24) is 14.8 Å². The lowest BCUT2D eigenvalue weighted by Gasteiger charge is -2.25. The number of alkyl halides is 3. The summed E-state index contributed by atoms with van der Waals surface area (Å²) in [7, 11) is 0. The maximum absolute atomic E-state index is 13.8. The zero-order valence-electron chi connectivity index (χ0n) is 25.6. The highest BCUT2D eigenvalue weighted by atomic mass is 32.1. The second-order valence-electron chi connectivity index (χ2n) is 12.1. The van der Waals surface area contributed by atoms with Gasteiger partial charge < -0.3 is 5.11 Å². The van der Waals surface area contributed by atoms with Gasteiger partial charge in [-0.15, -0.1) is 0 Å². The molecule has 3 aromatic rings. The average Bonchev–Trinajstić information content (AvgIpc) is 3.29. The van der Waals surface area contributed by atoms with E-state index in [-0.39, 0.29) is 21.6 Å². The molecule has 232 valence electrons. The van der Waals surface area contributed by atoms with Crippen LogP contribution in [0.5, 0.6) is 0 Å². The van der Waals surface area contributed by atoms with Gasteiger partial charge in [-0.2, -0.15) is 33.4 Å². The minimum absolute atomic E-state index is 0.205. The van der Waals surface area contributed by atoms with Crippen molar-refractivity contribution in [2.45, 2.75) is 86.4 Å². The van der Waals surface area contributed by atoms with Gasteiger partial charge >= 0.3 is 12.3 Å². The Morgan fingerprint density at radius 2 is 1.74 bits per heavy atom. The zero-order chi connectivity index (χ0) is 32.3. The Kier molecular flexibility index (Phi) is 10.00. The summed E-state index contributed by atoms with van der Waals surface area (Å²) >= 11 is 1.16. The summed E-state index contributed by atoms with van der Waals surface area (Å²) in [5.74, 6) is -1.05. The fourth-order valence-electron chi connectivity index (χ4n) is 3.92. The molecule has 0 saturated heterocycles. The van der Waals surface area contributed by atoms with E-state index in [0.29, 0.717) is 40.1 Å². The Labute approximate surface area is 252 Å². The van der Waals surface area contributed by atoms with Crippen LogP contribution in [0.2, 0.25) is 0 Å². The molecule has 0 saturated carbocycles. The van der Waals surface area contributed by atoms with Crippen molar-refractivity contribution in [3.63, 3.8) is 0 Å². The molecule has 1 aromatic carbocycles. The van der Waals surface area contributed by atoms with Gasteiger partial charge in [-0.1, -0.05) is 72.3 Å². The third-order valence-electron chi connectivity index (χ3n) is 6.19. The molecular formula is C30H37F3N6O3S. The number of aromatic nitrogens is 3. The standard InChI is InChI=1S/C30H37F3N6O3S/c1-9-10-16-38-26(43-25(37-38)29(6,7)8)35-24(40)20-17-19(30(31,32)33)14-15-22(20)39(27(41)42)36-23(28(3,4)5)21-13-11-12-18(2)34-21/h11-15,17H,9-10,16H2,1-8H3,(H,41,42). The molecule has 2 aromatic heterocycles. The third kappa shape index (κ3) is 8.37. The summed E-state index contributed by atoms with van der Waals surface area (Å²) in [4.78, 5) is 35.1. The van der Waals surface area contributed by atoms with E-state index >= 15 is 0 Å². The van der Waals surface area contributed by atoms with Crippen molar-refractivity contribution in [1.29, 1.82) is 0 Å². The Hall–Kier alpha value is -3.87. The molecule has 43 heavy (non-hydrogen) atoms. The molecule has 0 aliphatic heterocycles. The largest absolute Gasteiger partial charge is 0.463 e. The lowest BCUT2D eigenvalue weighted by atomic mass is 9.87. The normalized spacial score (nSPS) is 13.4. The van der Waals surface area contributed by atoms with Crippen molar-refractivity contribution in [3.05, 3.63) is 68.7 Å². The molecule has 0 aliphatic carbocycles. The highest BCUT2D eigenvalue weighted by Gasteiger charge is 2.34. The van der Waals surface area contributed by atoms with Crippen LogP contribution in [0.15, 0.2) is 46.5 Å². The number of halogens is 3. The molecule has 13 heteroatoms. The lowest BCUT2D eigenvalue weighted by Crippen LogP contribution is -2.32. The summed E-state index contributed by atoms with van der Waals surface area (Å²) in [6.45, 7) is 15.5. The van der Waals surface area contributed by atoms with Crippen molar-refractivity contribution in [2.75, 3.05) is 5.01 Å². The highest BCUT2D eigenvalue weighted by Crippen LogP contribution is 2.34. The fourth-order valence-corrected chi connectivity index (χ4v) is 4.91. The van der Waals surface area contributed by atoms with Gasteiger partial charge in [0.25, 0.3) is 5.91 Å². The van der Waals surface area contributed by atoms with Crippen LogP contribution < -0.4 is 9.81 Å². The quantitative estimate of drug-likeness (QED) is 0.218. The van der Waals surface area contributed by atoms with Crippen molar-refractivity contribution < 1.29 is 27.9 Å². The molecule has 1 N–H and O–H groups in total. The monoisotopic (exact) mass is 618 g/mol. The number of nitrogens with zero attached hydrogens (tertiary/aromatic N) is 6. The number of aryl methyl sites for hydroxylation is 2. The Balaban J connectivity index is 2.30. The maximum Gasteiger partial charge on any atom is 0.432 e. The Bertz CT molecular complexity index is 1590. The number of carboxylic acid groups (broad SMARTS) is 1. The van der Waals surface area contributed by atoms with E-state index in [2.05, 4.69) is 20.2 Å². The predicted octanol–water partition coefficient (Wildman–Crippen LogP) is 7.44. The van der Waals surface area contributed by atoms with Crippen molar-refractivity contribution in [2.24, 2.45) is 15.5 Å². The van der Waals surface area contributed by atoms with E-state index in [1.807, 2.05) is 27.7 Å². The van der Waals surface area contributed by atoms with E-state index in [9.17, 15) is 27.9 Å². The molecule has 2 amide bonds. The molecule has 2 heterocycles. The number of hydrogen-bond donors (Lipinski definition) is 1. The molecule has 0 radical (unpaired) electrons. The molecule has 0 bridgehead atoms. The first-order valence-corrected chi connectivity index (χ1v) is 14.6. The number of pyridine rings is 1. The first-order valence-electron chi connectivity index (χ1n) is 13.8. The van der Waals surface area contributed by atoms with Crippen LogP contribution in [-0.4, -0.2) is 37.6 Å². The van der Waals surface area contributed by atoms with E-state index in [4.69, 9.17) is 0 Å². The van der Waals surface area contributed by atoms with E-state index in [1.54, 1.807) is 50.6 Å². The number of hydrogen-bond acceptors (Lipinski definition) is 6. The Morgan fingerprint density at radius 1 is 1.07 bits per heavy atom. The predicted molar refractivity (Wildman–Crippen MR) is 161 cm³/mol. The molecular weight excluding hydrogens is 581 g/mol. The molecule has 0 unspecified atom stereocenters. The van der Waals surface area contributed by atoms with Crippen LogP contribution in [0.25, 0.3) is 0 Å². The first-order chi connectivity index (χ1) is 19.8. The molecule has 0 aliphatic rings. The molecule has 0 spiro atoms. The number of hydrazone groups is 1. The van der Waals surface area contributed by atoms with Gasteiger partial charge in [0.05, 0.1) is 28.2 Å². The van der Waals surface area contributed by atoms with Crippen LogP contribution in [0.4, 0.5) is 23.7 Å². The van der Waals surface area contributed by atoms with E-state index in [1.165, 1.54) is 0 Å². The average molecular weight is 619 g/mol. The second kappa shape index (κ2) is 12.8. The summed E-state index contributed by atoms with van der Waals surface area (Å²) < 4.78 is 42.9. The minimum atomic E-state index is -4.79. The van der Waals surface area contributed by atoms with Gasteiger partial charge in [0.1, 0.15) is 5.01 Å². The van der Waals surface area contributed by atoms with Crippen LogP contribution in [0.3, 0.4) is 0 Å². The van der Waals surface area contributed by atoms with Gasteiger partial charge in [0, 0.05) is 23.1 Å². The van der Waals surface area contributed by atoms with Gasteiger partial charge in [-0.25, -0.2) is 9.48 Å². The molecule has 9 nitrogen and oxygen atoms in total. The van der Waals surface area contributed by atoms with Crippen LogP contribution in [-0.2, 0) is 18.1 Å². The van der Waals surface area contributed by atoms with E-state index < -0.39 is 34.7 Å². The third-order valence-corrected chi connectivity index (χ3v) is 7.56. The lowest BCUT2D eigenvalue weighted by molar-refractivity contribution is -0.137. The summed E-state index contributed by atoms with van der Waals surface area (Å²) in [5, 5.41) is 20.4. The molecule has 0 fully saturated rings. The number of benzene rings is 1. The topological polar surface area (TPSA) is 113 Å². The fraction of sp³-hybridized carbons (Fsp3) is 0.467. The molecule has 3 rings (SSSR count).